The van der Waals surface area contributed by atoms with Gasteiger partial charge in [-0.2, -0.15) is 0 Å². The topological polar surface area (TPSA) is 52.1 Å². The van der Waals surface area contributed by atoms with Crippen molar-refractivity contribution < 1.29 is 4.74 Å². The molecule has 6 nitrogen and oxygen atoms in total. The second-order valence-electron chi connectivity index (χ2n) is 7.68. The van der Waals surface area contributed by atoms with Crippen LogP contribution in [-0.2, 0) is 4.74 Å². The molecule has 1 atom stereocenters. The zero-order valence-corrected chi connectivity index (χ0v) is 21.0. The molecule has 0 aliphatic carbocycles. The number of ether oxygens (including phenoxy) is 1. The lowest BCUT2D eigenvalue weighted by Gasteiger charge is -2.43. The predicted molar refractivity (Wildman–Crippen MR) is 131 cm³/mol. The van der Waals surface area contributed by atoms with Crippen LogP contribution in [0.4, 0.5) is 5.69 Å². The maximum absolute atomic E-state index is 5.57. The molecule has 3 rings (SSSR count). The van der Waals surface area contributed by atoms with Crippen LogP contribution in [0.1, 0.15) is 19.3 Å². The number of guanidine groups is 1. The Morgan fingerprint density at radius 3 is 2.68 bits per heavy atom. The van der Waals surface area contributed by atoms with E-state index in [4.69, 9.17) is 4.74 Å². The van der Waals surface area contributed by atoms with Crippen LogP contribution in [0.25, 0.3) is 0 Å². The fraction of sp³-hybridized carbons (Fsp3) is 0.650. The minimum atomic E-state index is 0. The van der Waals surface area contributed by atoms with Crippen molar-refractivity contribution in [3.8, 4) is 0 Å². The summed E-state index contributed by atoms with van der Waals surface area (Å²) in [5, 5.41) is 7.18. The number of nitrogens with zero attached hydrogens (tertiary/aromatic N) is 3. The molecule has 8 heteroatoms. The summed E-state index contributed by atoms with van der Waals surface area (Å²) >= 11 is 3.67. The molecular weight excluding hydrogens is 533 g/mol. The Bertz CT molecular complexity index is 651. The van der Waals surface area contributed by atoms with Gasteiger partial charge in [0.2, 0.25) is 0 Å². The van der Waals surface area contributed by atoms with Crippen molar-refractivity contribution in [2.75, 3.05) is 58.9 Å². The largest absolute Gasteiger partial charge is 0.381 e. The van der Waals surface area contributed by atoms with Crippen LogP contribution >= 0.6 is 39.9 Å². The Hall–Kier alpha value is -0.580. The number of benzene rings is 1. The number of para-hydroxylation sites is 1. The first-order valence-electron chi connectivity index (χ1n) is 9.76. The van der Waals surface area contributed by atoms with Gasteiger partial charge in [-0.15, -0.1) is 24.0 Å². The van der Waals surface area contributed by atoms with Gasteiger partial charge in [0, 0.05) is 55.9 Å². The minimum Gasteiger partial charge on any atom is -0.381 e. The third-order valence-corrected chi connectivity index (χ3v) is 6.57. The predicted octanol–water partition coefficient (Wildman–Crippen LogP) is 2.92. The van der Waals surface area contributed by atoms with Gasteiger partial charge in [0.25, 0.3) is 0 Å². The number of rotatable bonds is 5. The third-order valence-electron chi connectivity index (χ3n) is 5.90. The maximum Gasteiger partial charge on any atom is 0.191 e. The van der Waals surface area contributed by atoms with Crippen molar-refractivity contribution in [3.05, 3.63) is 28.7 Å². The lowest BCUT2D eigenvalue weighted by molar-refractivity contribution is -0.00502. The van der Waals surface area contributed by atoms with E-state index >= 15 is 0 Å². The first-order chi connectivity index (χ1) is 13.0. The van der Waals surface area contributed by atoms with Gasteiger partial charge in [0.1, 0.15) is 0 Å². The van der Waals surface area contributed by atoms with Crippen LogP contribution in [0, 0.1) is 0 Å². The highest BCUT2D eigenvalue weighted by Crippen LogP contribution is 2.28. The van der Waals surface area contributed by atoms with E-state index in [0.29, 0.717) is 6.04 Å². The van der Waals surface area contributed by atoms with Crippen LogP contribution < -0.4 is 15.5 Å². The molecular formula is C20H33BrIN5O. The van der Waals surface area contributed by atoms with Gasteiger partial charge in [-0.05, 0) is 61.4 Å². The van der Waals surface area contributed by atoms with Gasteiger partial charge in [0.05, 0.1) is 5.69 Å². The van der Waals surface area contributed by atoms with Crippen molar-refractivity contribution in [2.45, 2.75) is 30.8 Å². The smallest absolute Gasteiger partial charge is 0.191 e. The minimum absolute atomic E-state index is 0. The van der Waals surface area contributed by atoms with Crippen molar-refractivity contribution in [1.29, 1.82) is 0 Å². The molecule has 1 unspecified atom stereocenters. The quantitative estimate of drug-likeness (QED) is 0.327. The molecule has 2 N–H and O–H groups in total. The number of halogens is 2. The van der Waals surface area contributed by atoms with Crippen molar-refractivity contribution in [3.63, 3.8) is 0 Å². The molecule has 28 heavy (non-hydrogen) atoms. The molecule has 1 aromatic carbocycles. The summed E-state index contributed by atoms with van der Waals surface area (Å²) in [5.74, 6) is 0.890. The molecule has 0 radical (unpaired) electrons. The lowest BCUT2D eigenvalue weighted by Crippen LogP contribution is -2.57. The second-order valence-corrected chi connectivity index (χ2v) is 8.54. The van der Waals surface area contributed by atoms with Crippen LogP contribution in [0.15, 0.2) is 33.7 Å². The number of nitrogens with one attached hydrogen (secondary N) is 2. The van der Waals surface area contributed by atoms with Gasteiger partial charge < -0.3 is 25.2 Å². The summed E-state index contributed by atoms with van der Waals surface area (Å²) < 4.78 is 6.72. The van der Waals surface area contributed by atoms with Gasteiger partial charge in [-0.1, -0.05) is 12.1 Å². The number of hydrogen-bond acceptors (Lipinski definition) is 4. The Morgan fingerprint density at radius 1 is 1.32 bits per heavy atom. The molecule has 1 aromatic rings. The normalized spacial score (nSPS) is 22.1. The number of likely N-dealkylation sites (N-methyl/N-ethyl adjacent to an activating group) is 1. The zero-order chi connectivity index (χ0) is 19.3. The molecule has 2 heterocycles. The Labute approximate surface area is 194 Å². The standard InChI is InChI=1S/C20H32BrN5O.HI/c1-22-19(23-15-20(25(2)3)9-12-27-13-10-20)24-16-8-11-26(14-16)18-7-5-4-6-17(18)21;/h4-7,16H,8-15H2,1-3H3,(H2,22,23,24);1H. The van der Waals surface area contributed by atoms with Crippen molar-refractivity contribution >= 4 is 51.6 Å². The van der Waals surface area contributed by atoms with Gasteiger partial charge in [0.15, 0.2) is 5.96 Å². The highest BCUT2D eigenvalue weighted by Gasteiger charge is 2.35. The Morgan fingerprint density at radius 2 is 2.04 bits per heavy atom. The van der Waals surface area contributed by atoms with Crippen molar-refractivity contribution in [2.24, 2.45) is 4.99 Å². The van der Waals surface area contributed by atoms with Gasteiger partial charge in [-0.25, -0.2) is 0 Å². The van der Waals surface area contributed by atoms with Crippen molar-refractivity contribution in [1.82, 2.24) is 15.5 Å². The summed E-state index contributed by atoms with van der Waals surface area (Å²) in [5.41, 5.74) is 1.39. The number of aliphatic imine (C=N–C) groups is 1. The van der Waals surface area contributed by atoms with Crippen LogP contribution in [0.5, 0.6) is 0 Å². The summed E-state index contributed by atoms with van der Waals surface area (Å²) in [6.07, 6.45) is 3.20. The van der Waals surface area contributed by atoms with E-state index in [1.165, 1.54) is 5.69 Å². The maximum atomic E-state index is 5.57. The molecule has 2 aliphatic heterocycles. The number of anilines is 1. The van der Waals surface area contributed by atoms with Gasteiger partial charge in [-0.3, -0.25) is 4.99 Å². The summed E-state index contributed by atoms with van der Waals surface area (Å²) in [6, 6.07) is 8.82. The van der Waals surface area contributed by atoms with E-state index in [-0.39, 0.29) is 29.5 Å². The van der Waals surface area contributed by atoms with E-state index in [1.807, 2.05) is 7.05 Å². The molecule has 2 fully saturated rings. The molecule has 0 spiro atoms. The average Bonchev–Trinajstić information content (AvgIpc) is 3.14. The van der Waals surface area contributed by atoms with Crippen LogP contribution in [0.3, 0.4) is 0 Å². The van der Waals surface area contributed by atoms with E-state index < -0.39 is 0 Å². The fourth-order valence-corrected chi connectivity index (χ4v) is 4.51. The first-order valence-corrected chi connectivity index (χ1v) is 10.6. The summed E-state index contributed by atoms with van der Waals surface area (Å²) in [6.45, 7) is 4.57. The molecule has 2 saturated heterocycles. The second kappa shape index (κ2) is 11.0. The molecule has 0 aromatic heterocycles. The van der Waals surface area contributed by atoms with Gasteiger partial charge >= 0.3 is 0 Å². The Balaban J connectivity index is 0.00000280. The van der Waals surface area contributed by atoms with E-state index in [2.05, 4.69) is 79.7 Å². The van der Waals surface area contributed by atoms with E-state index in [0.717, 1.165) is 62.5 Å². The monoisotopic (exact) mass is 565 g/mol. The average molecular weight is 566 g/mol. The SMILES string of the molecule is CN=C(NCC1(N(C)C)CCOCC1)NC1CCN(c2ccccc2Br)C1.I. The lowest BCUT2D eigenvalue weighted by atomic mass is 9.88. The highest BCUT2D eigenvalue weighted by molar-refractivity contribution is 14.0. The molecule has 0 saturated carbocycles. The fourth-order valence-electron chi connectivity index (χ4n) is 3.97. The highest BCUT2D eigenvalue weighted by atomic mass is 127. The van der Waals surface area contributed by atoms with Crippen LogP contribution in [-0.4, -0.2) is 76.4 Å². The third kappa shape index (κ3) is 5.73. The molecule has 158 valence electrons. The van der Waals surface area contributed by atoms with E-state index in [1.54, 1.807) is 0 Å². The van der Waals surface area contributed by atoms with E-state index in [9.17, 15) is 0 Å². The zero-order valence-electron chi connectivity index (χ0n) is 17.1. The summed E-state index contributed by atoms with van der Waals surface area (Å²) in [4.78, 5) is 9.22. The Kier molecular flexibility index (Phi) is 9.30. The summed E-state index contributed by atoms with van der Waals surface area (Å²) in [7, 11) is 6.17. The first kappa shape index (κ1) is 23.7. The number of hydrogen-bond donors (Lipinski definition) is 2. The molecule has 0 amide bonds. The molecule has 0 bridgehead atoms. The van der Waals surface area contributed by atoms with Crippen LogP contribution in [0.2, 0.25) is 0 Å². The molecule has 2 aliphatic rings.